The Labute approximate surface area is 111 Å². The lowest BCUT2D eigenvalue weighted by molar-refractivity contribution is 0.301. The zero-order valence-electron chi connectivity index (χ0n) is 7.78. The highest BCUT2D eigenvalue weighted by molar-refractivity contribution is 7.10. The zero-order chi connectivity index (χ0) is 11.5. The van der Waals surface area contributed by atoms with Crippen LogP contribution < -0.4 is 4.74 Å². The minimum absolute atomic E-state index is 0.242. The molecule has 0 aliphatic heterocycles. The van der Waals surface area contributed by atoms with Crippen molar-refractivity contribution in [3.05, 3.63) is 38.3 Å². The first-order chi connectivity index (χ1) is 7.65. The number of nitrogens with zero attached hydrogens (tertiary/aromatic N) is 2. The summed E-state index contributed by atoms with van der Waals surface area (Å²) in [7, 11) is 0. The predicted octanol–water partition coefficient (Wildman–Crippen LogP) is 4.08. The Bertz CT molecular complexity index is 483. The van der Waals surface area contributed by atoms with E-state index in [1.807, 2.05) is 0 Å². The second-order valence-electron chi connectivity index (χ2n) is 2.89. The number of hydrogen-bond donors (Lipinski definition) is 0. The molecule has 16 heavy (non-hydrogen) atoms. The molecule has 0 saturated carbocycles. The van der Waals surface area contributed by atoms with Crippen LogP contribution in [0.1, 0.15) is 5.69 Å². The number of ether oxygens (including phenoxy) is 1. The molecular weight excluding hydrogens is 291 g/mol. The molecule has 2 rings (SSSR count). The van der Waals surface area contributed by atoms with E-state index in [-0.39, 0.29) is 6.61 Å². The summed E-state index contributed by atoms with van der Waals surface area (Å²) < 4.78 is 9.66. The Balaban J connectivity index is 2.07. The third-order valence-electron chi connectivity index (χ3n) is 1.72. The molecule has 0 unspecified atom stereocenters. The summed E-state index contributed by atoms with van der Waals surface area (Å²) in [6.07, 6.45) is 0. The van der Waals surface area contributed by atoms with Crippen molar-refractivity contribution < 1.29 is 4.74 Å². The third kappa shape index (κ3) is 2.98. The largest absolute Gasteiger partial charge is 0.487 e. The average molecular weight is 296 g/mol. The smallest absolute Gasteiger partial charge is 0.141 e. The molecule has 0 aliphatic carbocycles. The first kappa shape index (κ1) is 11.9. The highest BCUT2D eigenvalue weighted by Crippen LogP contribution is 2.25. The lowest BCUT2D eigenvalue weighted by atomic mass is 10.3. The van der Waals surface area contributed by atoms with E-state index in [1.165, 1.54) is 0 Å². The second-order valence-corrected chi connectivity index (χ2v) is 5.12. The van der Waals surface area contributed by atoms with E-state index in [4.69, 9.17) is 39.5 Å². The SMILES string of the molecule is Clc1cc(Cl)cc(OCc2nnsc2Cl)c1. The minimum Gasteiger partial charge on any atom is -0.487 e. The van der Waals surface area contributed by atoms with Gasteiger partial charge in [-0.3, -0.25) is 0 Å². The molecule has 0 amide bonds. The first-order valence-corrected chi connectivity index (χ1v) is 6.11. The van der Waals surface area contributed by atoms with Crippen LogP contribution in [0.3, 0.4) is 0 Å². The van der Waals surface area contributed by atoms with Crippen molar-refractivity contribution in [2.75, 3.05) is 0 Å². The van der Waals surface area contributed by atoms with Crippen molar-refractivity contribution in [2.24, 2.45) is 0 Å². The maximum absolute atomic E-state index is 5.83. The number of hydrogen-bond acceptors (Lipinski definition) is 4. The van der Waals surface area contributed by atoms with Gasteiger partial charge in [-0.05, 0) is 18.2 Å². The van der Waals surface area contributed by atoms with E-state index >= 15 is 0 Å². The molecule has 0 saturated heterocycles. The van der Waals surface area contributed by atoms with Crippen molar-refractivity contribution >= 4 is 46.3 Å². The molecule has 84 valence electrons. The van der Waals surface area contributed by atoms with Crippen LogP contribution >= 0.6 is 46.3 Å². The van der Waals surface area contributed by atoms with E-state index in [2.05, 4.69) is 9.59 Å². The van der Waals surface area contributed by atoms with Crippen LogP contribution in [0.15, 0.2) is 18.2 Å². The van der Waals surface area contributed by atoms with Crippen molar-refractivity contribution in [2.45, 2.75) is 6.61 Å². The molecule has 0 N–H and O–H groups in total. The highest BCUT2D eigenvalue weighted by Gasteiger charge is 2.06. The number of halogens is 3. The van der Waals surface area contributed by atoms with Crippen molar-refractivity contribution in [1.82, 2.24) is 9.59 Å². The predicted molar refractivity (Wildman–Crippen MR) is 65.7 cm³/mol. The molecule has 1 heterocycles. The highest BCUT2D eigenvalue weighted by atomic mass is 35.5. The van der Waals surface area contributed by atoms with Gasteiger partial charge in [0.15, 0.2) is 0 Å². The van der Waals surface area contributed by atoms with E-state index in [0.29, 0.717) is 25.8 Å². The van der Waals surface area contributed by atoms with E-state index in [9.17, 15) is 0 Å². The topological polar surface area (TPSA) is 35.0 Å². The molecule has 0 bridgehead atoms. The van der Waals surface area contributed by atoms with Gasteiger partial charge in [-0.15, -0.1) is 5.10 Å². The van der Waals surface area contributed by atoms with Gasteiger partial charge in [0.05, 0.1) is 0 Å². The molecule has 0 spiro atoms. The maximum atomic E-state index is 5.83. The lowest BCUT2D eigenvalue weighted by Crippen LogP contribution is -1.96. The first-order valence-electron chi connectivity index (χ1n) is 4.21. The van der Waals surface area contributed by atoms with E-state index in [0.717, 1.165) is 11.5 Å². The monoisotopic (exact) mass is 294 g/mol. The molecule has 0 atom stereocenters. The van der Waals surface area contributed by atoms with Gasteiger partial charge in [-0.25, -0.2) is 0 Å². The summed E-state index contributed by atoms with van der Waals surface area (Å²) in [6.45, 7) is 0.242. The Hall–Kier alpha value is -0.550. The maximum Gasteiger partial charge on any atom is 0.141 e. The van der Waals surface area contributed by atoms with E-state index < -0.39 is 0 Å². The number of rotatable bonds is 3. The molecule has 1 aromatic heterocycles. The number of benzene rings is 1. The molecule has 2 aromatic rings. The Morgan fingerprint density at radius 2 is 1.81 bits per heavy atom. The zero-order valence-corrected chi connectivity index (χ0v) is 10.9. The van der Waals surface area contributed by atoms with Gasteiger partial charge in [-0.2, -0.15) is 0 Å². The van der Waals surface area contributed by atoms with Gasteiger partial charge < -0.3 is 4.74 Å². The summed E-state index contributed by atoms with van der Waals surface area (Å²) >= 11 is 18.6. The van der Waals surface area contributed by atoms with Crippen LogP contribution in [-0.4, -0.2) is 9.59 Å². The molecule has 0 radical (unpaired) electrons. The van der Waals surface area contributed by atoms with Crippen molar-refractivity contribution in [3.8, 4) is 5.75 Å². The normalized spacial score (nSPS) is 10.4. The van der Waals surface area contributed by atoms with Gasteiger partial charge in [0.25, 0.3) is 0 Å². The quantitative estimate of drug-likeness (QED) is 0.856. The van der Waals surface area contributed by atoms with Crippen LogP contribution in [0.25, 0.3) is 0 Å². The van der Waals surface area contributed by atoms with Gasteiger partial charge in [0.1, 0.15) is 22.4 Å². The van der Waals surface area contributed by atoms with Crippen LogP contribution in [0, 0.1) is 0 Å². The van der Waals surface area contributed by atoms with Gasteiger partial charge in [0, 0.05) is 21.6 Å². The lowest BCUT2D eigenvalue weighted by Gasteiger charge is -2.05. The summed E-state index contributed by atoms with van der Waals surface area (Å²) in [5, 5.41) is 4.86. The molecule has 0 fully saturated rings. The van der Waals surface area contributed by atoms with Gasteiger partial charge in [-0.1, -0.05) is 39.3 Å². The van der Waals surface area contributed by atoms with Crippen LogP contribution in [0.2, 0.25) is 14.4 Å². The Kier molecular flexibility index (Phi) is 3.86. The van der Waals surface area contributed by atoms with Gasteiger partial charge in [0.2, 0.25) is 0 Å². The fourth-order valence-electron chi connectivity index (χ4n) is 1.05. The van der Waals surface area contributed by atoms with Crippen LogP contribution in [0.5, 0.6) is 5.75 Å². The van der Waals surface area contributed by atoms with Gasteiger partial charge >= 0.3 is 0 Å². The molecule has 0 aliphatic rings. The summed E-state index contributed by atoms with van der Waals surface area (Å²) in [6, 6.07) is 4.97. The minimum atomic E-state index is 0.242. The molecule has 7 heteroatoms. The number of aromatic nitrogens is 2. The fourth-order valence-corrected chi connectivity index (χ4v) is 2.15. The second kappa shape index (κ2) is 5.19. The van der Waals surface area contributed by atoms with Crippen molar-refractivity contribution in [1.29, 1.82) is 0 Å². The van der Waals surface area contributed by atoms with Crippen molar-refractivity contribution in [3.63, 3.8) is 0 Å². The molecule has 1 aromatic carbocycles. The molecular formula is C9H5Cl3N2OS. The summed E-state index contributed by atoms with van der Waals surface area (Å²) in [4.78, 5) is 0. The average Bonchev–Trinajstić information content (AvgIpc) is 2.59. The Morgan fingerprint density at radius 3 is 2.38 bits per heavy atom. The summed E-state index contributed by atoms with van der Waals surface area (Å²) in [5.74, 6) is 0.571. The molecule has 3 nitrogen and oxygen atoms in total. The standard InChI is InChI=1S/C9H5Cl3N2OS/c10-5-1-6(11)3-7(2-5)15-4-8-9(12)16-14-13-8/h1-3H,4H2. The fraction of sp³-hybridized carbons (Fsp3) is 0.111. The third-order valence-corrected chi connectivity index (χ3v) is 3.14. The van der Waals surface area contributed by atoms with Crippen LogP contribution in [-0.2, 0) is 6.61 Å². The van der Waals surface area contributed by atoms with E-state index in [1.54, 1.807) is 18.2 Å². The summed E-state index contributed by atoms with van der Waals surface area (Å²) in [5.41, 5.74) is 0.600. The Morgan fingerprint density at radius 1 is 1.12 bits per heavy atom. The van der Waals surface area contributed by atoms with Crippen LogP contribution in [0.4, 0.5) is 0 Å².